The first-order valence-electron chi connectivity index (χ1n) is 20.6. The molecule has 0 unspecified atom stereocenters. The molecule has 3 fully saturated rings. The number of sulfonamides is 1. The number of fused-ring (bicyclic) bond motifs is 3. The third-order valence-corrected chi connectivity index (χ3v) is 12.8. The smallest absolute Gasteiger partial charge is 0.408 e. The summed E-state index contributed by atoms with van der Waals surface area (Å²) in [5.41, 5.74) is -3.65. The Balaban J connectivity index is 1.41. The van der Waals surface area contributed by atoms with E-state index >= 15 is 4.79 Å². The summed E-state index contributed by atoms with van der Waals surface area (Å²) in [7, 11) is -3.97. The Labute approximate surface area is 327 Å². The van der Waals surface area contributed by atoms with Gasteiger partial charge < -0.3 is 24.8 Å². The average molecular weight is 785 g/mol. The van der Waals surface area contributed by atoms with Crippen LogP contribution in [-0.2, 0) is 24.4 Å². The molecule has 3 heterocycles. The van der Waals surface area contributed by atoms with Crippen molar-refractivity contribution in [3.05, 3.63) is 42.6 Å². The van der Waals surface area contributed by atoms with Crippen LogP contribution >= 0.6 is 0 Å². The zero-order valence-electron chi connectivity index (χ0n) is 35.3. The normalized spacial score (nSPS) is 30.7. The number of allylic oxidation sites excluding steroid dienone is 1. The Hall–Kier alpha value is -4.40. The lowest BCUT2D eigenvalue weighted by atomic mass is 9.85. The van der Waals surface area contributed by atoms with Crippen molar-refractivity contribution >= 4 is 44.6 Å². The molecule has 2 aliphatic carbocycles. The minimum Gasteiger partial charge on any atom is -0.491 e. The molecule has 2 aromatic rings. The predicted octanol–water partition coefficient (Wildman–Crippen LogP) is 5.01. The molecule has 3 N–H and O–H groups in total. The van der Waals surface area contributed by atoms with Crippen LogP contribution in [0, 0.1) is 17.8 Å². The number of carbonyl (C=O) groups excluding carboxylic acids is 3. The summed E-state index contributed by atoms with van der Waals surface area (Å²) >= 11 is 0. The maximum absolute atomic E-state index is 15.2. The quantitative estimate of drug-likeness (QED) is 0.308. The number of ether oxygens (including phenoxy) is 2. The first-order chi connectivity index (χ1) is 27.1. The second-order valence-corrected chi connectivity index (χ2v) is 18.5. The fourth-order valence-electron chi connectivity index (χ4n) is 8.07. The minimum absolute atomic E-state index is 0.0448. The molecule has 4 amide bonds. The number of rotatable bonds is 8. The monoisotopic (exact) mass is 784 g/mol. The molecule has 0 bridgehead atoms. The molecular weight excluding hydrogens is 727 g/mol. The van der Waals surface area contributed by atoms with Crippen LogP contribution in [0.3, 0.4) is 0 Å². The van der Waals surface area contributed by atoms with Crippen molar-refractivity contribution in [3.63, 3.8) is 0 Å². The van der Waals surface area contributed by atoms with Gasteiger partial charge in [0.15, 0.2) is 0 Å². The van der Waals surface area contributed by atoms with E-state index in [0.717, 1.165) is 5.39 Å². The van der Waals surface area contributed by atoms with Gasteiger partial charge in [-0.15, -0.1) is 0 Å². The molecule has 4 aliphatic rings. The van der Waals surface area contributed by atoms with Gasteiger partial charge in [0.1, 0.15) is 29.5 Å². The first kappa shape index (κ1) is 36.3. The van der Waals surface area contributed by atoms with Gasteiger partial charge in [-0.3, -0.25) is 24.0 Å². The van der Waals surface area contributed by atoms with Gasteiger partial charge in [0.05, 0.1) is 17.9 Å². The van der Waals surface area contributed by atoms with Crippen molar-refractivity contribution < 1.29 is 46.3 Å². The number of benzene rings is 1. The van der Waals surface area contributed by atoms with Gasteiger partial charge in [0.2, 0.25) is 27.7 Å². The predicted molar refractivity (Wildman–Crippen MR) is 206 cm³/mol. The molecule has 1 saturated heterocycles. The molecule has 14 nitrogen and oxygen atoms in total. The van der Waals surface area contributed by atoms with Crippen molar-refractivity contribution in [2.24, 2.45) is 17.8 Å². The Morgan fingerprint density at radius 1 is 1.16 bits per heavy atom. The second-order valence-electron chi connectivity index (χ2n) is 16.6. The number of aromatic nitrogens is 1. The van der Waals surface area contributed by atoms with E-state index in [1.165, 1.54) is 18.7 Å². The number of nitrogens with one attached hydrogen (secondary N) is 2. The summed E-state index contributed by atoms with van der Waals surface area (Å²) < 4.78 is 65.3. The lowest BCUT2D eigenvalue weighted by molar-refractivity contribution is -0.146. The number of amides is 4. The SMILES string of the molecule is [2H]C([2H])([2H])C(C)(C)N(C(=O)O)[C@@H]1C(=O)N2C[C@H](Oc3nccc4cc(OC(C)C)ccc34)C[C@H]2C(=O)N[C@]2(C(=O)NS(=O)(=O)C3CC3)C[C@H]2/C=C\CC[C@H](C)C[C@H]1C. The third kappa shape index (κ3) is 8.71. The highest BCUT2D eigenvalue weighted by Gasteiger charge is 2.62. The van der Waals surface area contributed by atoms with Crippen molar-refractivity contribution in [2.75, 3.05) is 6.54 Å². The Morgan fingerprint density at radius 3 is 2.58 bits per heavy atom. The fourth-order valence-corrected chi connectivity index (χ4v) is 9.44. The molecule has 2 aliphatic heterocycles. The third-order valence-electron chi connectivity index (χ3n) is 11.0. The summed E-state index contributed by atoms with van der Waals surface area (Å²) in [5, 5.41) is 14.2. The van der Waals surface area contributed by atoms with E-state index in [2.05, 4.69) is 15.0 Å². The molecule has 1 aromatic carbocycles. The number of hydrogen-bond donors (Lipinski definition) is 3. The van der Waals surface area contributed by atoms with Crippen LogP contribution in [0.5, 0.6) is 11.6 Å². The van der Waals surface area contributed by atoms with Crippen molar-refractivity contribution in [2.45, 2.75) is 134 Å². The molecule has 300 valence electrons. The maximum atomic E-state index is 15.2. The van der Waals surface area contributed by atoms with Gasteiger partial charge in [-0.25, -0.2) is 18.2 Å². The molecular formula is C40H55N5O9S. The number of nitrogens with zero attached hydrogens (tertiary/aromatic N) is 3. The van der Waals surface area contributed by atoms with E-state index in [0.29, 0.717) is 48.1 Å². The minimum atomic E-state index is -3.97. The summed E-state index contributed by atoms with van der Waals surface area (Å²) in [6, 6.07) is 4.35. The van der Waals surface area contributed by atoms with E-state index < -0.39 is 87.0 Å². The van der Waals surface area contributed by atoms with Gasteiger partial charge in [-0.2, -0.15) is 0 Å². The fraction of sp³-hybridized carbons (Fsp3) is 0.625. The Bertz CT molecular complexity index is 2070. The van der Waals surface area contributed by atoms with Crippen LogP contribution in [0.2, 0.25) is 0 Å². The van der Waals surface area contributed by atoms with Crippen LogP contribution in [-0.4, -0.2) is 99.3 Å². The standard InChI is InChI=1S/C40H55N5O9S/c1-23(2)53-28-12-15-31-26(19-28)16-17-41-35(31)54-29-20-32-34(46)42-40(37(48)43-55(51,52)30-13-14-30)21-27(40)11-9-8-10-24(3)18-25(4)33(36(47)44(32)22-29)45(38(49)50)39(5,6)7/h9,11-12,15-17,19,23-25,27,29-30,32-33H,8,10,13-14,18,20-22H2,1-7H3,(H,42,46)(H,43,48)(H,49,50)/b11-9-/t24-,25+,27+,29+,32-,33-,40+/m0/s1/i5D3. The van der Waals surface area contributed by atoms with Crippen molar-refractivity contribution in [1.82, 2.24) is 24.8 Å². The second kappa shape index (κ2) is 15.3. The number of carboxylic acid groups (broad SMARTS) is 1. The largest absolute Gasteiger partial charge is 0.491 e. The van der Waals surface area contributed by atoms with Crippen LogP contribution < -0.4 is 19.5 Å². The lowest BCUT2D eigenvalue weighted by Crippen LogP contribution is -2.62. The van der Waals surface area contributed by atoms with Crippen LogP contribution in [0.4, 0.5) is 4.79 Å². The molecule has 6 rings (SSSR count). The number of hydrogen-bond acceptors (Lipinski definition) is 9. The maximum Gasteiger partial charge on any atom is 0.408 e. The molecule has 15 heteroatoms. The Kier molecular flexibility index (Phi) is 10.1. The molecule has 0 spiro atoms. The molecule has 7 atom stereocenters. The number of carbonyl (C=O) groups is 4. The summed E-state index contributed by atoms with van der Waals surface area (Å²) in [6.45, 7) is 6.97. The van der Waals surface area contributed by atoms with Gasteiger partial charge in [0, 0.05) is 33.6 Å². The highest BCUT2D eigenvalue weighted by atomic mass is 32.2. The highest BCUT2D eigenvalue weighted by Crippen LogP contribution is 2.46. The lowest BCUT2D eigenvalue weighted by Gasteiger charge is -2.43. The summed E-state index contributed by atoms with van der Waals surface area (Å²) in [6.07, 6.45) is 5.12. The summed E-state index contributed by atoms with van der Waals surface area (Å²) in [5.74, 6) is -2.83. The summed E-state index contributed by atoms with van der Waals surface area (Å²) in [4.78, 5) is 63.2. The van der Waals surface area contributed by atoms with Crippen LogP contribution in [0.15, 0.2) is 42.6 Å². The van der Waals surface area contributed by atoms with E-state index in [-0.39, 0.29) is 37.3 Å². The van der Waals surface area contributed by atoms with Crippen LogP contribution in [0.1, 0.15) is 97.5 Å². The molecule has 2 saturated carbocycles. The van der Waals surface area contributed by atoms with Gasteiger partial charge >= 0.3 is 6.09 Å². The first-order valence-corrected chi connectivity index (χ1v) is 20.7. The van der Waals surface area contributed by atoms with Crippen LogP contribution in [0.25, 0.3) is 10.8 Å². The van der Waals surface area contributed by atoms with E-state index in [1.54, 1.807) is 37.4 Å². The average Bonchev–Trinajstić information content (AvgIpc) is 4.04. The topological polar surface area (TPSA) is 185 Å². The Morgan fingerprint density at radius 2 is 1.91 bits per heavy atom. The van der Waals surface area contributed by atoms with Gasteiger partial charge in [-0.1, -0.05) is 26.0 Å². The highest BCUT2D eigenvalue weighted by molar-refractivity contribution is 7.91. The van der Waals surface area contributed by atoms with Crippen molar-refractivity contribution in [3.8, 4) is 11.6 Å². The zero-order chi connectivity index (χ0) is 42.5. The van der Waals surface area contributed by atoms with E-state index in [9.17, 15) is 27.9 Å². The van der Waals surface area contributed by atoms with Gasteiger partial charge in [-0.05, 0) is 115 Å². The van der Waals surface area contributed by atoms with E-state index in [4.69, 9.17) is 13.6 Å². The molecule has 55 heavy (non-hydrogen) atoms. The molecule has 1 aromatic heterocycles. The zero-order valence-corrected chi connectivity index (χ0v) is 33.1. The van der Waals surface area contributed by atoms with E-state index in [1.807, 2.05) is 32.9 Å². The van der Waals surface area contributed by atoms with Crippen molar-refractivity contribution in [1.29, 1.82) is 0 Å². The number of pyridine rings is 1. The van der Waals surface area contributed by atoms with Gasteiger partial charge in [0.25, 0.3) is 5.91 Å². The molecule has 0 radical (unpaired) electrons.